The maximum Gasteiger partial charge on any atom is 0.123 e. The van der Waals surface area contributed by atoms with E-state index in [9.17, 15) is 9.65 Å². The predicted octanol–water partition coefficient (Wildman–Crippen LogP) is 6.19. The number of hydrogen-bond acceptors (Lipinski definition) is 4. The molecule has 35 heavy (non-hydrogen) atoms. The fraction of sp³-hybridized carbons (Fsp3) is 0.552. The van der Waals surface area contributed by atoms with Crippen molar-refractivity contribution >= 4 is 12.4 Å². The number of nitrogens with zero attached hydrogens (tertiary/aromatic N) is 3. The lowest BCUT2D eigenvalue weighted by Crippen LogP contribution is -2.47. The maximum absolute atomic E-state index is 13.0. The first-order valence-electron chi connectivity index (χ1n) is 13.1. The molecule has 2 aliphatic rings. The van der Waals surface area contributed by atoms with Crippen LogP contribution < -0.4 is 4.74 Å². The first-order chi connectivity index (χ1) is 16.7. The Hall–Kier alpha value is -2.13. The van der Waals surface area contributed by atoms with E-state index in [1.165, 1.54) is 61.8 Å². The molecule has 0 unspecified atom stereocenters. The summed E-state index contributed by atoms with van der Waals surface area (Å²) < 4.78 is 18.7. The van der Waals surface area contributed by atoms with Gasteiger partial charge in [0.15, 0.2) is 0 Å². The SMILES string of the molecule is Cl.N#Cc1cc(C2CCCCC2)ccc1CCCCN1CCN(CCOc2ccc(F)cc2)CC1. The Morgan fingerprint density at radius 2 is 1.57 bits per heavy atom. The van der Waals surface area contributed by atoms with Crippen LogP contribution in [0.1, 0.15) is 67.6 Å². The highest BCUT2D eigenvalue weighted by atomic mass is 35.5. The Bertz CT molecular complexity index is 932. The lowest BCUT2D eigenvalue weighted by Gasteiger charge is -2.34. The molecule has 0 aromatic heterocycles. The molecule has 2 fully saturated rings. The van der Waals surface area contributed by atoms with Gasteiger partial charge in [-0.1, -0.05) is 31.4 Å². The number of piperazine rings is 1. The van der Waals surface area contributed by atoms with Gasteiger partial charge in [0.05, 0.1) is 11.6 Å². The van der Waals surface area contributed by atoms with Gasteiger partial charge < -0.3 is 9.64 Å². The van der Waals surface area contributed by atoms with Crippen LogP contribution in [0.25, 0.3) is 0 Å². The molecule has 2 aromatic carbocycles. The van der Waals surface area contributed by atoms with Crippen molar-refractivity contribution in [3.63, 3.8) is 0 Å². The standard InChI is InChI=1S/C29H38FN3O.ClH/c30-28-11-13-29(14-12-28)34-21-20-33-18-16-32(17-19-33)15-5-4-8-25-9-10-26(22-27(25)23-31)24-6-2-1-3-7-24;/h9-14,22,24H,1-8,15-21H2;1H. The van der Waals surface area contributed by atoms with Crippen molar-refractivity contribution in [1.82, 2.24) is 9.80 Å². The summed E-state index contributed by atoms with van der Waals surface area (Å²) in [5, 5.41) is 9.68. The molecule has 1 saturated heterocycles. The van der Waals surface area contributed by atoms with Gasteiger partial charge in [0.25, 0.3) is 0 Å². The third kappa shape index (κ3) is 8.49. The van der Waals surface area contributed by atoms with Crippen molar-refractivity contribution < 1.29 is 9.13 Å². The molecule has 6 heteroatoms. The summed E-state index contributed by atoms with van der Waals surface area (Å²) in [6.07, 6.45) is 9.86. The van der Waals surface area contributed by atoms with E-state index in [4.69, 9.17) is 4.74 Å². The molecule has 0 amide bonds. The zero-order valence-electron chi connectivity index (χ0n) is 20.8. The number of aryl methyl sites for hydroxylation is 1. The van der Waals surface area contributed by atoms with Gasteiger partial charge in [0, 0.05) is 32.7 Å². The molecule has 4 rings (SSSR count). The van der Waals surface area contributed by atoms with E-state index in [-0.39, 0.29) is 18.2 Å². The van der Waals surface area contributed by atoms with Crippen molar-refractivity contribution in [2.45, 2.75) is 57.3 Å². The molecule has 4 nitrogen and oxygen atoms in total. The van der Waals surface area contributed by atoms with Gasteiger partial charge in [-0.05, 0) is 86.0 Å². The molecule has 1 heterocycles. The highest BCUT2D eigenvalue weighted by Crippen LogP contribution is 2.33. The third-order valence-electron chi connectivity index (χ3n) is 7.46. The third-order valence-corrected chi connectivity index (χ3v) is 7.46. The van der Waals surface area contributed by atoms with E-state index < -0.39 is 0 Å². The Morgan fingerprint density at radius 3 is 2.26 bits per heavy atom. The molecule has 2 aromatic rings. The molecule has 1 aliphatic heterocycles. The van der Waals surface area contributed by atoms with Crippen LogP contribution in [0.2, 0.25) is 0 Å². The van der Waals surface area contributed by atoms with E-state index in [0.29, 0.717) is 12.5 Å². The predicted molar refractivity (Wildman–Crippen MR) is 142 cm³/mol. The summed E-state index contributed by atoms with van der Waals surface area (Å²) in [5.41, 5.74) is 3.48. The molecule has 0 radical (unpaired) electrons. The fourth-order valence-electron chi connectivity index (χ4n) is 5.32. The highest BCUT2D eigenvalue weighted by Gasteiger charge is 2.18. The largest absolute Gasteiger partial charge is 0.492 e. The lowest BCUT2D eigenvalue weighted by molar-refractivity contribution is 0.116. The number of hydrogen-bond donors (Lipinski definition) is 0. The van der Waals surface area contributed by atoms with Gasteiger partial charge in [-0.2, -0.15) is 5.26 Å². The first kappa shape index (κ1) is 27.5. The van der Waals surface area contributed by atoms with Crippen LogP contribution in [-0.2, 0) is 6.42 Å². The maximum atomic E-state index is 13.0. The highest BCUT2D eigenvalue weighted by molar-refractivity contribution is 5.85. The quantitative estimate of drug-likeness (QED) is 0.365. The summed E-state index contributed by atoms with van der Waals surface area (Å²) in [6, 6.07) is 15.4. The monoisotopic (exact) mass is 499 g/mol. The molecule has 190 valence electrons. The van der Waals surface area contributed by atoms with E-state index in [2.05, 4.69) is 34.1 Å². The average Bonchev–Trinajstić information content (AvgIpc) is 2.89. The average molecular weight is 500 g/mol. The second kappa shape index (κ2) is 14.4. The van der Waals surface area contributed by atoms with E-state index in [1.807, 2.05) is 0 Å². The van der Waals surface area contributed by atoms with Crippen molar-refractivity contribution in [2.75, 3.05) is 45.9 Å². The molecule has 0 atom stereocenters. The Morgan fingerprint density at radius 1 is 0.886 bits per heavy atom. The van der Waals surface area contributed by atoms with Gasteiger partial charge in [0.2, 0.25) is 0 Å². The summed E-state index contributed by atoms with van der Waals surface area (Å²) >= 11 is 0. The second-order valence-corrected chi connectivity index (χ2v) is 9.81. The van der Waals surface area contributed by atoms with E-state index in [0.717, 1.165) is 63.4 Å². The fourth-order valence-corrected chi connectivity index (χ4v) is 5.32. The second-order valence-electron chi connectivity index (χ2n) is 9.81. The Kier molecular flexibility index (Phi) is 11.3. The topological polar surface area (TPSA) is 39.5 Å². The number of ether oxygens (including phenoxy) is 1. The first-order valence-corrected chi connectivity index (χ1v) is 13.1. The summed E-state index contributed by atoms with van der Waals surface area (Å²) in [4.78, 5) is 4.99. The number of nitriles is 1. The van der Waals surface area contributed by atoms with Crippen molar-refractivity contribution in [3.05, 3.63) is 65.0 Å². The van der Waals surface area contributed by atoms with Crippen molar-refractivity contribution in [1.29, 1.82) is 5.26 Å². The van der Waals surface area contributed by atoms with Crippen LogP contribution in [0.5, 0.6) is 5.75 Å². The molecule has 0 N–H and O–H groups in total. The summed E-state index contributed by atoms with van der Waals surface area (Å²) in [6.45, 7) is 6.97. The zero-order chi connectivity index (χ0) is 23.6. The summed E-state index contributed by atoms with van der Waals surface area (Å²) in [7, 11) is 0. The Labute approximate surface area is 216 Å². The van der Waals surface area contributed by atoms with Crippen LogP contribution in [-0.4, -0.2) is 55.7 Å². The van der Waals surface area contributed by atoms with Crippen LogP contribution >= 0.6 is 12.4 Å². The Balaban J connectivity index is 0.00000342. The van der Waals surface area contributed by atoms with Gasteiger partial charge in [-0.3, -0.25) is 4.90 Å². The van der Waals surface area contributed by atoms with Gasteiger partial charge in [0.1, 0.15) is 18.2 Å². The molecular weight excluding hydrogens is 461 g/mol. The minimum atomic E-state index is -0.235. The molecule has 1 saturated carbocycles. The number of unbranched alkanes of at least 4 members (excludes halogenated alkanes) is 1. The smallest absolute Gasteiger partial charge is 0.123 e. The molecule has 0 spiro atoms. The van der Waals surface area contributed by atoms with Crippen LogP contribution in [0.15, 0.2) is 42.5 Å². The van der Waals surface area contributed by atoms with Gasteiger partial charge in [-0.15, -0.1) is 12.4 Å². The summed E-state index contributed by atoms with van der Waals surface area (Å²) in [5.74, 6) is 1.15. The normalized spacial score (nSPS) is 17.5. The minimum absolute atomic E-state index is 0. The van der Waals surface area contributed by atoms with Crippen LogP contribution in [0, 0.1) is 17.1 Å². The molecule has 1 aliphatic carbocycles. The van der Waals surface area contributed by atoms with E-state index >= 15 is 0 Å². The van der Waals surface area contributed by atoms with Gasteiger partial charge in [-0.25, -0.2) is 4.39 Å². The van der Waals surface area contributed by atoms with Crippen LogP contribution in [0.3, 0.4) is 0 Å². The minimum Gasteiger partial charge on any atom is -0.492 e. The lowest BCUT2D eigenvalue weighted by atomic mass is 9.83. The van der Waals surface area contributed by atoms with Crippen molar-refractivity contribution in [2.24, 2.45) is 0 Å². The molecular formula is C29H39ClFN3O. The van der Waals surface area contributed by atoms with Crippen molar-refractivity contribution in [3.8, 4) is 11.8 Å². The number of rotatable bonds is 10. The van der Waals surface area contributed by atoms with E-state index in [1.54, 1.807) is 12.1 Å². The van der Waals surface area contributed by atoms with Crippen LogP contribution in [0.4, 0.5) is 4.39 Å². The zero-order valence-corrected chi connectivity index (χ0v) is 21.6. The van der Waals surface area contributed by atoms with Gasteiger partial charge >= 0.3 is 0 Å². The number of benzene rings is 2. The number of halogens is 2. The molecule has 0 bridgehead atoms.